The van der Waals surface area contributed by atoms with Crippen molar-refractivity contribution < 1.29 is 28.7 Å². The van der Waals surface area contributed by atoms with Crippen LogP contribution in [0.2, 0.25) is 0 Å². The van der Waals surface area contributed by atoms with Gasteiger partial charge in [-0.15, -0.1) is 0 Å². The normalized spacial score (nSPS) is 12.5. The quantitative estimate of drug-likeness (QED) is 0.109. The molecule has 268 valence electrons. The Bertz CT molecular complexity index is 1670. The third-order valence-corrected chi connectivity index (χ3v) is 8.12. The molecule has 4 N–H and O–H groups in total. The second-order valence-corrected chi connectivity index (χ2v) is 12.8. The van der Waals surface area contributed by atoms with Crippen LogP contribution in [0.1, 0.15) is 49.4 Å². The van der Waals surface area contributed by atoms with E-state index >= 15 is 0 Å². The first kappa shape index (κ1) is 38.2. The van der Waals surface area contributed by atoms with E-state index < -0.39 is 36.0 Å². The topological polar surface area (TPSA) is 135 Å². The van der Waals surface area contributed by atoms with Crippen LogP contribution in [0.3, 0.4) is 0 Å². The van der Waals surface area contributed by atoms with Gasteiger partial charge in [-0.2, -0.15) is 0 Å². The third-order valence-electron chi connectivity index (χ3n) is 8.12. The minimum absolute atomic E-state index is 0.0231. The van der Waals surface area contributed by atoms with Gasteiger partial charge >= 0.3 is 6.09 Å². The largest absolute Gasteiger partial charge is 0.489 e. The molecule has 0 aliphatic heterocycles. The number of carbonyl (C=O) groups is 4. The average molecular weight is 693 g/mol. The van der Waals surface area contributed by atoms with Gasteiger partial charge in [-0.25, -0.2) is 4.79 Å². The highest BCUT2D eigenvalue weighted by molar-refractivity contribution is 5.93. The number of alkyl carbamates (subject to hydrolysis) is 1. The van der Waals surface area contributed by atoms with E-state index in [0.29, 0.717) is 24.8 Å². The fraction of sp³-hybridized carbons (Fsp3) is 0.317. The lowest BCUT2D eigenvalue weighted by Gasteiger charge is -2.24. The molecule has 0 aromatic heterocycles. The summed E-state index contributed by atoms with van der Waals surface area (Å²) in [4.78, 5) is 53.1. The SMILES string of the molecule is CC(C)CCNC(=O)[C@H](Cc1ccccc1)NC(=O)[C@@H](C)NC(=O)[C@H](Cc1ccc(OCc2ccccc2)cc1)NC(=O)OCc1ccccc1. The summed E-state index contributed by atoms with van der Waals surface area (Å²) >= 11 is 0. The molecule has 0 aliphatic carbocycles. The van der Waals surface area contributed by atoms with Crippen LogP contribution in [0.25, 0.3) is 0 Å². The van der Waals surface area contributed by atoms with E-state index in [1.807, 2.05) is 103 Å². The van der Waals surface area contributed by atoms with E-state index in [9.17, 15) is 19.2 Å². The number of carbonyl (C=O) groups excluding carboxylic acids is 4. The molecule has 4 aromatic rings. The zero-order valence-corrected chi connectivity index (χ0v) is 29.5. The number of ether oxygens (including phenoxy) is 2. The number of hydrogen-bond donors (Lipinski definition) is 4. The van der Waals surface area contributed by atoms with E-state index in [1.165, 1.54) is 6.92 Å². The molecule has 4 amide bonds. The second-order valence-electron chi connectivity index (χ2n) is 12.8. The van der Waals surface area contributed by atoms with Crippen molar-refractivity contribution in [2.45, 2.75) is 71.4 Å². The van der Waals surface area contributed by atoms with Crippen molar-refractivity contribution in [1.29, 1.82) is 0 Å². The molecule has 0 radical (unpaired) electrons. The van der Waals surface area contributed by atoms with E-state index in [1.54, 1.807) is 12.1 Å². The standard InChI is InChI=1S/C41H48N4O6/c1-29(2)23-24-42-39(47)36(25-31-13-7-4-8-14-31)44-38(46)30(3)43-40(48)37(45-41(49)51-28-34-17-11-6-12-18-34)26-32-19-21-35(22-20-32)50-27-33-15-9-5-10-16-33/h4-22,29-30,36-37H,23-28H2,1-3H3,(H,42,47)(H,43,48)(H,44,46)(H,45,49)/t30-,36+,37+/m1/s1. The van der Waals surface area contributed by atoms with Gasteiger partial charge in [0.15, 0.2) is 0 Å². The van der Waals surface area contributed by atoms with Crippen LogP contribution in [0.4, 0.5) is 4.79 Å². The van der Waals surface area contributed by atoms with E-state index in [0.717, 1.165) is 28.7 Å². The third kappa shape index (κ3) is 13.7. The van der Waals surface area contributed by atoms with Crippen molar-refractivity contribution in [3.05, 3.63) is 138 Å². The molecular weight excluding hydrogens is 644 g/mol. The van der Waals surface area contributed by atoms with E-state index in [2.05, 4.69) is 35.1 Å². The highest BCUT2D eigenvalue weighted by atomic mass is 16.5. The van der Waals surface area contributed by atoms with Gasteiger partial charge in [0, 0.05) is 19.4 Å². The van der Waals surface area contributed by atoms with Gasteiger partial charge in [-0.3, -0.25) is 14.4 Å². The van der Waals surface area contributed by atoms with Gasteiger partial charge in [0.25, 0.3) is 0 Å². The minimum atomic E-state index is -1.07. The summed E-state index contributed by atoms with van der Waals surface area (Å²) < 4.78 is 11.3. The number of hydrogen-bond acceptors (Lipinski definition) is 6. The molecule has 0 heterocycles. The molecule has 10 heteroatoms. The van der Waals surface area contributed by atoms with Crippen LogP contribution in [0.15, 0.2) is 115 Å². The summed E-state index contributed by atoms with van der Waals surface area (Å²) in [5.41, 5.74) is 3.47. The molecule has 0 aliphatic rings. The van der Waals surface area contributed by atoms with E-state index in [4.69, 9.17) is 9.47 Å². The molecular formula is C41H48N4O6. The fourth-order valence-electron chi connectivity index (χ4n) is 5.16. The molecule has 0 saturated carbocycles. The maximum Gasteiger partial charge on any atom is 0.408 e. The number of amides is 4. The van der Waals surface area contributed by atoms with Crippen LogP contribution in [0.5, 0.6) is 5.75 Å². The molecule has 0 unspecified atom stereocenters. The Morgan fingerprint density at radius 2 is 1.06 bits per heavy atom. The van der Waals surface area contributed by atoms with Crippen LogP contribution in [0, 0.1) is 5.92 Å². The Balaban J connectivity index is 1.41. The Morgan fingerprint density at radius 1 is 0.549 bits per heavy atom. The van der Waals surface area contributed by atoms with Crippen molar-refractivity contribution in [2.24, 2.45) is 5.92 Å². The van der Waals surface area contributed by atoms with Gasteiger partial charge in [-0.1, -0.05) is 117 Å². The van der Waals surface area contributed by atoms with Gasteiger partial charge in [0.05, 0.1) is 0 Å². The summed E-state index contributed by atoms with van der Waals surface area (Å²) in [6, 6.07) is 32.7. The number of rotatable bonds is 18. The van der Waals surface area contributed by atoms with Crippen LogP contribution < -0.4 is 26.0 Å². The van der Waals surface area contributed by atoms with Gasteiger partial charge in [0.1, 0.15) is 37.1 Å². The van der Waals surface area contributed by atoms with Gasteiger partial charge < -0.3 is 30.7 Å². The smallest absolute Gasteiger partial charge is 0.408 e. The van der Waals surface area contributed by atoms with Gasteiger partial charge in [-0.05, 0) is 53.6 Å². The van der Waals surface area contributed by atoms with Crippen molar-refractivity contribution in [3.63, 3.8) is 0 Å². The van der Waals surface area contributed by atoms with Crippen molar-refractivity contribution in [2.75, 3.05) is 6.54 Å². The Kier molecular flexibility index (Phi) is 15.1. The molecule has 0 spiro atoms. The Labute approximate surface area is 300 Å². The Hall–Kier alpha value is -5.64. The lowest BCUT2D eigenvalue weighted by atomic mass is 10.0. The predicted octanol–water partition coefficient (Wildman–Crippen LogP) is 5.50. The summed E-state index contributed by atoms with van der Waals surface area (Å²) in [7, 11) is 0. The molecule has 3 atom stereocenters. The van der Waals surface area contributed by atoms with Crippen LogP contribution in [-0.4, -0.2) is 48.5 Å². The highest BCUT2D eigenvalue weighted by Gasteiger charge is 2.28. The van der Waals surface area contributed by atoms with Gasteiger partial charge in [0.2, 0.25) is 17.7 Å². The molecule has 4 aromatic carbocycles. The first-order valence-corrected chi connectivity index (χ1v) is 17.3. The lowest BCUT2D eigenvalue weighted by molar-refractivity contribution is -0.132. The van der Waals surface area contributed by atoms with E-state index in [-0.39, 0.29) is 25.4 Å². The molecule has 10 nitrogen and oxygen atoms in total. The highest BCUT2D eigenvalue weighted by Crippen LogP contribution is 2.16. The number of benzene rings is 4. The van der Waals surface area contributed by atoms with Crippen molar-refractivity contribution in [1.82, 2.24) is 21.3 Å². The molecule has 0 saturated heterocycles. The first-order chi connectivity index (χ1) is 24.7. The predicted molar refractivity (Wildman–Crippen MR) is 197 cm³/mol. The number of nitrogens with one attached hydrogen (secondary N) is 4. The lowest BCUT2D eigenvalue weighted by Crippen LogP contribution is -2.56. The minimum Gasteiger partial charge on any atom is -0.489 e. The summed E-state index contributed by atoms with van der Waals surface area (Å²) in [5.74, 6) is -0.357. The zero-order chi connectivity index (χ0) is 36.4. The summed E-state index contributed by atoms with van der Waals surface area (Å²) in [6.45, 7) is 6.59. The maximum absolute atomic E-state index is 13.6. The average Bonchev–Trinajstić information content (AvgIpc) is 3.14. The monoisotopic (exact) mass is 692 g/mol. The molecule has 51 heavy (non-hydrogen) atoms. The first-order valence-electron chi connectivity index (χ1n) is 17.3. The van der Waals surface area contributed by atoms with Crippen LogP contribution in [-0.2, 0) is 45.2 Å². The van der Waals surface area contributed by atoms with Crippen LogP contribution >= 0.6 is 0 Å². The second kappa shape index (κ2) is 20.1. The molecule has 0 fully saturated rings. The summed E-state index contributed by atoms with van der Waals surface area (Å²) in [6.07, 6.45) is 0.424. The summed E-state index contributed by atoms with van der Waals surface area (Å²) in [5, 5.41) is 11.1. The Morgan fingerprint density at radius 3 is 1.63 bits per heavy atom. The van der Waals surface area contributed by atoms with Crippen molar-refractivity contribution in [3.8, 4) is 5.75 Å². The maximum atomic E-state index is 13.6. The van der Waals surface area contributed by atoms with Crippen molar-refractivity contribution >= 4 is 23.8 Å². The zero-order valence-electron chi connectivity index (χ0n) is 29.5. The molecule has 4 rings (SSSR count). The molecule has 0 bridgehead atoms. The fourth-order valence-corrected chi connectivity index (χ4v) is 5.16.